The molecule has 0 aliphatic carbocycles. The zero-order valence-electron chi connectivity index (χ0n) is 6.07. The van der Waals surface area contributed by atoms with Crippen LogP contribution in [0.25, 0.3) is 0 Å². The van der Waals surface area contributed by atoms with Crippen LogP contribution in [-0.2, 0) is 4.39 Å². The van der Waals surface area contributed by atoms with Crippen LogP contribution in [0.15, 0.2) is 0 Å². The van der Waals surface area contributed by atoms with E-state index in [9.17, 15) is 9.32 Å². The summed E-state index contributed by atoms with van der Waals surface area (Å²) in [6.45, 7) is -1.98. The minimum atomic E-state index is -2.50. The first-order chi connectivity index (χ1) is 5.60. The van der Waals surface area contributed by atoms with Gasteiger partial charge in [0.15, 0.2) is 0 Å². The van der Waals surface area contributed by atoms with Crippen LogP contribution in [0.5, 0.6) is 0 Å². The molecule has 74 valence electrons. The number of hydroxylamine groups is 1. The van der Waals surface area contributed by atoms with Gasteiger partial charge in [-0.1, -0.05) is 5.48 Å². The molecule has 0 fully saturated rings. The summed E-state index contributed by atoms with van der Waals surface area (Å²) in [5.74, 6) is 0. The molecule has 0 radical (unpaired) electrons. The van der Waals surface area contributed by atoms with Crippen LogP contribution in [0.3, 0.4) is 0 Å². The van der Waals surface area contributed by atoms with Crippen LogP contribution in [0, 0.1) is 10.8 Å². The third-order valence-electron chi connectivity index (χ3n) is 1.23. The Bertz CT molecular complexity index is 110. The molecule has 0 aliphatic heterocycles. The number of aliphatic hydroxyl groups excluding tert-OH is 3. The summed E-state index contributed by atoms with van der Waals surface area (Å²) in [6.07, 6.45) is 0. The van der Waals surface area contributed by atoms with Crippen molar-refractivity contribution in [3.05, 3.63) is 0 Å². The molecule has 0 saturated heterocycles. The van der Waals surface area contributed by atoms with Crippen molar-refractivity contribution in [1.82, 2.24) is 5.48 Å². The van der Waals surface area contributed by atoms with Gasteiger partial charge in [-0.05, 0) is 0 Å². The predicted molar refractivity (Wildman–Crippen MR) is 28.2 cm³/mol. The van der Waals surface area contributed by atoms with Gasteiger partial charge in [0.25, 0.3) is 0 Å². The van der Waals surface area contributed by atoms with E-state index in [1.165, 1.54) is 0 Å². The van der Waals surface area contributed by atoms with Gasteiger partial charge in [0, 0.05) is 0 Å². The van der Waals surface area contributed by atoms with Crippen molar-refractivity contribution in [1.29, 1.82) is 0 Å². The van der Waals surface area contributed by atoms with Crippen LogP contribution >= 0.6 is 0 Å². The lowest BCUT2D eigenvalue weighted by Crippen LogP contribution is -2.57. The molecule has 0 spiro atoms. The van der Waals surface area contributed by atoms with E-state index < -0.39 is 36.1 Å². The van der Waals surface area contributed by atoms with Gasteiger partial charge in [-0.25, -0.2) is 0 Å². The zero-order valence-corrected chi connectivity index (χ0v) is 6.82. The van der Waals surface area contributed by atoms with Crippen molar-refractivity contribution in [2.45, 2.75) is 5.54 Å². The van der Waals surface area contributed by atoms with Gasteiger partial charge in [0.2, 0.25) is 0 Å². The van der Waals surface area contributed by atoms with Crippen molar-refractivity contribution in [2.75, 3.05) is 19.8 Å². The molecule has 4 N–H and O–H groups in total. The summed E-state index contributed by atoms with van der Waals surface area (Å²) in [5, 5.41) is 25.9. The molecule has 0 atom stereocenters. The average Bonchev–Trinajstić information content (AvgIpc) is 2.08. The minimum absolute atomic E-state index is 0.661. The summed E-state index contributed by atoms with van der Waals surface area (Å²) < 4.78 is 23.5. The Hall–Kier alpha value is 0.01000. The Kier molecular flexibility index (Phi) is 5.63. The largest absolute Gasteiger partial charge is 0.394 e. The van der Waals surface area contributed by atoms with Crippen LogP contribution in [-0.4, -0.2) is 40.7 Å². The fourth-order valence-corrected chi connectivity index (χ4v) is 0.587. The monoisotopic (exact) mass is 203 g/mol. The smallest absolute Gasteiger partial charge is 0.311 e. The second-order valence-electron chi connectivity index (χ2n) is 2.12. The average molecular weight is 204 g/mol. The van der Waals surface area contributed by atoms with E-state index in [0.717, 1.165) is 0 Å². The highest BCUT2D eigenvalue weighted by atomic mass is 35.6. The van der Waals surface area contributed by atoms with Crippen molar-refractivity contribution in [3.63, 3.8) is 0 Å². The minimum Gasteiger partial charge on any atom is -0.394 e. The lowest BCUT2D eigenvalue weighted by Gasteiger charge is -2.23. The van der Waals surface area contributed by atoms with Crippen LogP contribution < -0.4 is 14.8 Å². The number of hydrogen-bond donors (Lipinski definition) is 4. The van der Waals surface area contributed by atoms with E-state index >= 15 is 0 Å². The highest BCUT2D eigenvalue weighted by Gasteiger charge is 2.32. The Morgan fingerprint density at radius 3 is 1.83 bits per heavy atom. The third kappa shape index (κ3) is 3.61. The predicted octanol–water partition coefficient (Wildman–Crippen LogP) is -4.69. The number of halogens is 1. The van der Waals surface area contributed by atoms with Crippen molar-refractivity contribution in [2.24, 2.45) is 0 Å². The Morgan fingerprint density at radius 1 is 1.17 bits per heavy atom. The van der Waals surface area contributed by atoms with E-state index in [1.807, 2.05) is 0 Å². The lowest BCUT2D eigenvalue weighted by atomic mass is 10.1. The van der Waals surface area contributed by atoms with Gasteiger partial charge >= 0.3 is 10.8 Å². The normalized spacial score (nSPS) is 12.5. The summed E-state index contributed by atoms with van der Waals surface area (Å²) >= 11 is 0. The molecule has 7 nitrogen and oxygen atoms in total. The molecule has 0 aromatic rings. The molecule has 0 bridgehead atoms. The van der Waals surface area contributed by atoms with Gasteiger partial charge in [-0.3, -0.25) is 0 Å². The number of rotatable bonds is 6. The third-order valence-corrected chi connectivity index (χ3v) is 1.43. The second kappa shape index (κ2) is 5.62. The quantitative estimate of drug-likeness (QED) is 0.319. The molecular weight excluding hydrogens is 193 g/mol. The Morgan fingerprint density at radius 2 is 1.58 bits per heavy atom. The lowest BCUT2D eigenvalue weighted by molar-refractivity contribution is -1.63. The summed E-state index contributed by atoms with van der Waals surface area (Å²) in [5.41, 5.74) is 0.252. The maximum absolute atomic E-state index is 9.83. The van der Waals surface area contributed by atoms with E-state index in [4.69, 9.17) is 15.3 Å². The number of aliphatic hydroxyl groups is 3. The topological polar surface area (TPSA) is 128 Å². The first-order valence-corrected chi connectivity index (χ1v) is 3.85. The van der Waals surface area contributed by atoms with E-state index in [1.54, 1.807) is 5.48 Å². The Labute approximate surface area is 71.6 Å². The van der Waals surface area contributed by atoms with Crippen molar-refractivity contribution >= 4 is 0 Å². The molecule has 0 aliphatic rings. The fourth-order valence-electron chi connectivity index (χ4n) is 0.360. The number of nitrogens with one attached hydrogen (secondary N) is 1. The highest BCUT2D eigenvalue weighted by molar-refractivity contribution is 4.82. The van der Waals surface area contributed by atoms with Crippen molar-refractivity contribution in [3.8, 4) is 0 Å². The molecule has 0 amide bonds. The van der Waals surface area contributed by atoms with Crippen LogP contribution in [0.2, 0.25) is 0 Å². The van der Waals surface area contributed by atoms with E-state index in [0.29, 0.717) is 0 Å². The first-order valence-electron chi connectivity index (χ1n) is 2.93. The number of hydrogen-bond acceptors (Lipinski definition) is 7. The summed E-state index contributed by atoms with van der Waals surface area (Å²) in [6, 6.07) is 0. The SMILES string of the molecule is [O-][Cl+2]([O-])ONC(CO)(CO)CO. The molecule has 0 aromatic heterocycles. The van der Waals surface area contributed by atoms with Crippen molar-refractivity contribution < 1.29 is 39.8 Å². The van der Waals surface area contributed by atoms with Gasteiger partial charge in [0.05, 0.1) is 19.8 Å². The van der Waals surface area contributed by atoms with E-state index in [-0.39, 0.29) is 0 Å². The Balaban J connectivity index is 3.93. The maximum Gasteiger partial charge on any atom is 0.311 e. The molecule has 0 rings (SSSR count). The molecule has 8 heteroatoms. The summed E-state index contributed by atoms with van der Waals surface area (Å²) in [4.78, 5) is 0. The molecule has 0 heterocycles. The van der Waals surface area contributed by atoms with Gasteiger partial charge in [-0.15, -0.1) is 0 Å². The second-order valence-corrected chi connectivity index (χ2v) is 2.66. The first kappa shape index (κ1) is 12.0. The van der Waals surface area contributed by atoms with Gasteiger partial charge in [0.1, 0.15) is 9.93 Å². The highest BCUT2D eigenvalue weighted by Crippen LogP contribution is 2.01. The molecular formula is C4H10ClNO6. The molecule has 0 aromatic carbocycles. The maximum atomic E-state index is 9.83. The summed E-state index contributed by atoms with van der Waals surface area (Å²) in [7, 11) is -2.50. The van der Waals surface area contributed by atoms with Gasteiger partial charge in [-0.2, -0.15) is 0 Å². The molecule has 0 unspecified atom stereocenters. The van der Waals surface area contributed by atoms with Crippen LogP contribution in [0.1, 0.15) is 0 Å². The zero-order chi connectivity index (χ0) is 9.61. The van der Waals surface area contributed by atoms with Gasteiger partial charge < -0.3 is 24.6 Å². The standard InChI is InChI=1S/C4H10ClNO6/c7-1-4(2-8,3-9)6-12-5(10)11/h6-9H,1-3H2. The fraction of sp³-hybridized carbons (Fsp3) is 1.00. The van der Waals surface area contributed by atoms with E-state index in [2.05, 4.69) is 4.39 Å². The van der Waals surface area contributed by atoms with Crippen LogP contribution in [0.4, 0.5) is 0 Å². The molecule has 12 heavy (non-hydrogen) atoms. The molecule has 0 saturated carbocycles.